The Labute approximate surface area is 193 Å². The summed E-state index contributed by atoms with van der Waals surface area (Å²) in [5, 5.41) is 1.19. The van der Waals surface area contributed by atoms with E-state index in [0.29, 0.717) is 12.3 Å². The molecule has 1 N–H and O–H groups in total. The third-order valence-electron chi connectivity index (χ3n) is 6.13. The molecule has 3 aromatic carbocycles. The zero-order chi connectivity index (χ0) is 22.8. The third kappa shape index (κ3) is 3.74. The van der Waals surface area contributed by atoms with Crippen molar-refractivity contribution in [3.63, 3.8) is 0 Å². The van der Waals surface area contributed by atoms with Crippen molar-refractivity contribution in [2.45, 2.75) is 12.8 Å². The first-order chi connectivity index (χ1) is 16.2. The Balaban J connectivity index is 1.80. The molecule has 0 aliphatic rings. The van der Waals surface area contributed by atoms with Gasteiger partial charge in [-0.25, -0.2) is 4.79 Å². The van der Waals surface area contributed by atoms with Crippen LogP contribution < -0.4 is 0 Å². The smallest absolute Gasteiger partial charge is 0.354 e. The Morgan fingerprint density at radius 1 is 0.879 bits per heavy atom. The molecule has 0 amide bonds. The molecule has 0 aliphatic heterocycles. The number of fused-ring (bicyclic) bond motifs is 1. The maximum atomic E-state index is 12.4. The van der Waals surface area contributed by atoms with Gasteiger partial charge in [0.05, 0.1) is 18.2 Å². The van der Waals surface area contributed by atoms with Crippen LogP contribution in [0, 0.1) is 0 Å². The number of hydrogen-bond acceptors (Lipinski definition) is 2. The molecule has 0 radical (unpaired) electrons. The molecule has 33 heavy (non-hydrogen) atoms. The summed E-state index contributed by atoms with van der Waals surface area (Å²) in [6, 6.07) is 33.2. The number of aromatic nitrogens is 2. The predicted molar refractivity (Wildman–Crippen MR) is 132 cm³/mol. The van der Waals surface area contributed by atoms with Gasteiger partial charge in [0.2, 0.25) is 0 Å². The number of aryl methyl sites for hydroxylation is 1. The van der Waals surface area contributed by atoms with Gasteiger partial charge in [-0.15, -0.1) is 0 Å². The van der Waals surface area contributed by atoms with Gasteiger partial charge in [0, 0.05) is 23.6 Å². The molecular formula is C29H26N2O2. The molecule has 2 heterocycles. The summed E-state index contributed by atoms with van der Waals surface area (Å²) in [5.41, 5.74) is 7.28. The van der Waals surface area contributed by atoms with Crippen LogP contribution in [0.15, 0.2) is 97.1 Å². The highest BCUT2D eigenvalue weighted by Gasteiger charge is 2.28. The van der Waals surface area contributed by atoms with Crippen LogP contribution in [0.4, 0.5) is 0 Å². The van der Waals surface area contributed by atoms with Gasteiger partial charge in [-0.1, -0.05) is 78.9 Å². The number of rotatable bonds is 6. The Morgan fingerprint density at radius 2 is 1.55 bits per heavy atom. The highest BCUT2D eigenvalue weighted by Crippen LogP contribution is 2.43. The quantitative estimate of drug-likeness (QED) is 0.309. The van der Waals surface area contributed by atoms with E-state index in [1.165, 1.54) is 16.5 Å². The highest BCUT2D eigenvalue weighted by molar-refractivity contribution is 5.94. The fourth-order valence-corrected chi connectivity index (χ4v) is 4.72. The molecule has 4 nitrogen and oxygen atoms in total. The molecule has 1 atom stereocenters. The minimum absolute atomic E-state index is 0.0873. The number of benzene rings is 3. The number of carbonyl (C=O) groups excluding carboxylic acids is 1. The van der Waals surface area contributed by atoms with Gasteiger partial charge in [0.1, 0.15) is 5.69 Å². The van der Waals surface area contributed by atoms with Gasteiger partial charge in [-0.3, -0.25) is 0 Å². The molecule has 0 saturated heterocycles. The topological polar surface area (TPSA) is 47.0 Å². The van der Waals surface area contributed by atoms with Crippen molar-refractivity contribution in [1.82, 2.24) is 9.55 Å². The molecule has 164 valence electrons. The van der Waals surface area contributed by atoms with Gasteiger partial charge >= 0.3 is 5.97 Å². The molecule has 5 aromatic rings. The summed E-state index contributed by atoms with van der Waals surface area (Å²) in [6.45, 7) is 2.16. The summed E-state index contributed by atoms with van der Waals surface area (Å²) in [5.74, 6) is -0.424. The first kappa shape index (κ1) is 20.8. The van der Waals surface area contributed by atoms with Crippen molar-refractivity contribution in [2.24, 2.45) is 7.05 Å². The molecule has 0 bridgehead atoms. The minimum Gasteiger partial charge on any atom is -0.461 e. The van der Waals surface area contributed by atoms with E-state index in [-0.39, 0.29) is 11.9 Å². The van der Waals surface area contributed by atoms with E-state index in [1.54, 1.807) is 0 Å². The average molecular weight is 435 g/mol. The Bertz CT molecular complexity index is 1400. The van der Waals surface area contributed by atoms with E-state index in [9.17, 15) is 4.79 Å². The van der Waals surface area contributed by atoms with Crippen LogP contribution in [0.1, 0.15) is 40.2 Å². The summed E-state index contributed by atoms with van der Waals surface area (Å²) in [7, 11) is 2.12. The second kappa shape index (κ2) is 8.83. The first-order valence-electron chi connectivity index (χ1n) is 11.2. The fraction of sp³-hybridized carbons (Fsp3) is 0.138. The van der Waals surface area contributed by atoms with E-state index in [2.05, 4.69) is 89.4 Å². The Morgan fingerprint density at radius 3 is 2.27 bits per heavy atom. The van der Waals surface area contributed by atoms with Crippen LogP contribution in [-0.2, 0) is 11.8 Å². The molecule has 0 fully saturated rings. The first-order valence-corrected chi connectivity index (χ1v) is 11.2. The van der Waals surface area contributed by atoms with Crippen molar-refractivity contribution < 1.29 is 9.53 Å². The molecule has 4 heteroatoms. The number of carbonyl (C=O) groups is 1. The van der Waals surface area contributed by atoms with E-state index >= 15 is 0 Å². The number of esters is 1. The molecule has 5 rings (SSSR count). The minimum atomic E-state index is -0.336. The number of aromatic amines is 1. The summed E-state index contributed by atoms with van der Waals surface area (Å²) in [4.78, 5) is 15.8. The molecular weight excluding hydrogens is 408 g/mol. The van der Waals surface area contributed by atoms with E-state index in [0.717, 1.165) is 22.5 Å². The summed E-state index contributed by atoms with van der Waals surface area (Å²) < 4.78 is 7.49. The van der Waals surface area contributed by atoms with Gasteiger partial charge in [-0.2, -0.15) is 0 Å². The van der Waals surface area contributed by atoms with Crippen molar-refractivity contribution in [1.29, 1.82) is 0 Å². The zero-order valence-electron chi connectivity index (χ0n) is 18.8. The van der Waals surface area contributed by atoms with Crippen LogP contribution in [0.3, 0.4) is 0 Å². The number of ether oxygens (including phenoxy) is 1. The largest absolute Gasteiger partial charge is 0.461 e. The van der Waals surface area contributed by atoms with Crippen molar-refractivity contribution in [2.75, 3.05) is 6.61 Å². The maximum absolute atomic E-state index is 12.4. The lowest BCUT2D eigenvalue weighted by molar-refractivity contribution is 0.0520. The molecule has 0 saturated carbocycles. The molecule has 1 unspecified atom stereocenters. The van der Waals surface area contributed by atoms with Crippen LogP contribution >= 0.6 is 0 Å². The van der Waals surface area contributed by atoms with E-state index in [4.69, 9.17) is 4.74 Å². The average Bonchev–Trinajstić information content (AvgIpc) is 3.45. The number of hydrogen-bond donors (Lipinski definition) is 1. The fourth-order valence-electron chi connectivity index (χ4n) is 4.72. The number of nitrogens with zero attached hydrogens (tertiary/aromatic N) is 1. The van der Waals surface area contributed by atoms with Crippen LogP contribution in [-0.4, -0.2) is 22.1 Å². The number of nitrogens with one attached hydrogen (secondary N) is 1. The van der Waals surface area contributed by atoms with E-state index in [1.807, 2.05) is 31.2 Å². The lowest BCUT2D eigenvalue weighted by Crippen LogP contribution is -2.08. The lowest BCUT2D eigenvalue weighted by Gasteiger charge is -2.20. The van der Waals surface area contributed by atoms with Gasteiger partial charge < -0.3 is 14.3 Å². The summed E-state index contributed by atoms with van der Waals surface area (Å²) in [6.07, 6.45) is 0. The normalized spacial score (nSPS) is 12.1. The van der Waals surface area contributed by atoms with Crippen molar-refractivity contribution >= 4 is 16.9 Å². The van der Waals surface area contributed by atoms with Gasteiger partial charge in [0.15, 0.2) is 0 Å². The molecule has 0 spiro atoms. The van der Waals surface area contributed by atoms with E-state index < -0.39 is 0 Å². The van der Waals surface area contributed by atoms with Crippen LogP contribution in [0.2, 0.25) is 0 Å². The highest BCUT2D eigenvalue weighted by atomic mass is 16.5. The second-order valence-electron chi connectivity index (χ2n) is 8.10. The molecule has 2 aromatic heterocycles. The van der Waals surface area contributed by atoms with Crippen molar-refractivity contribution in [3.8, 4) is 11.3 Å². The lowest BCUT2D eigenvalue weighted by atomic mass is 9.85. The third-order valence-corrected chi connectivity index (χ3v) is 6.13. The monoisotopic (exact) mass is 434 g/mol. The van der Waals surface area contributed by atoms with Crippen molar-refractivity contribution in [3.05, 3.63) is 120 Å². The van der Waals surface area contributed by atoms with Crippen LogP contribution in [0.5, 0.6) is 0 Å². The summed E-state index contributed by atoms with van der Waals surface area (Å²) >= 11 is 0. The van der Waals surface area contributed by atoms with Gasteiger partial charge in [-0.05, 0) is 41.8 Å². The second-order valence-corrected chi connectivity index (χ2v) is 8.10. The maximum Gasteiger partial charge on any atom is 0.354 e. The standard InChI is InChI=1S/C29H26N2O2/c1-3-33-29(32)24-19-18-23(30-24)26(20-12-6-4-7-13-20)27-22-16-10-11-17-25(22)31(2)28(27)21-14-8-5-9-15-21/h4-19,26,30H,3H2,1-2H3. The number of H-pyrrole nitrogens is 1. The predicted octanol–water partition coefficient (Wildman–Crippen LogP) is 6.53. The zero-order valence-corrected chi connectivity index (χ0v) is 18.8. The number of para-hydroxylation sites is 1. The van der Waals surface area contributed by atoms with Crippen LogP contribution in [0.25, 0.3) is 22.2 Å². The SMILES string of the molecule is CCOC(=O)c1ccc(C(c2ccccc2)c2c(-c3ccccc3)n(C)c3ccccc23)[nH]1. The van der Waals surface area contributed by atoms with Gasteiger partial charge in [0.25, 0.3) is 0 Å². The Hall–Kier alpha value is -4.05. The molecule has 0 aliphatic carbocycles. The Kier molecular flexibility index (Phi) is 5.57.